The van der Waals surface area contributed by atoms with E-state index in [1.54, 1.807) is 18.3 Å². The Hall–Kier alpha value is -3.21. The van der Waals surface area contributed by atoms with Gasteiger partial charge in [-0.3, -0.25) is 0 Å². The maximum absolute atomic E-state index is 9.28. The average molecular weight is 336 g/mol. The van der Waals surface area contributed by atoms with Crippen molar-refractivity contribution in [3.63, 3.8) is 0 Å². The Morgan fingerprint density at radius 1 is 1.20 bits per heavy atom. The number of hydrogen-bond donors (Lipinski definition) is 2. The first-order valence-corrected chi connectivity index (χ1v) is 7.57. The van der Waals surface area contributed by atoms with Crippen LogP contribution in [0.25, 0.3) is 5.82 Å². The van der Waals surface area contributed by atoms with Gasteiger partial charge in [0, 0.05) is 17.8 Å². The van der Waals surface area contributed by atoms with Crippen LogP contribution in [0.15, 0.2) is 48.8 Å². The fourth-order valence-electron chi connectivity index (χ4n) is 2.36. The Morgan fingerprint density at radius 3 is 2.76 bits per heavy atom. The number of ether oxygens (including phenoxy) is 1. The monoisotopic (exact) mass is 336 g/mol. The molecule has 0 bridgehead atoms. The summed E-state index contributed by atoms with van der Waals surface area (Å²) >= 11 is 0. The second kappa shape index (κ2) is 7.13. The number of rotatable bonds is 5. The molecule has 0 unspecified atom stereocenters. The molecule has 2 aromatic heterocycles. The van der Waals surface area contributed by atoms with Gasteiger partial charge in [0.15, 0.2) is 12.1 Å². The van der Waals surface area contributed by atoms with Crippen molar-refractivity contribution in [3.05, 3.63) is 71.0 Å². The number of aliphatic hydroxyl groups is 2. The SMILES string of the molecule is Cc1cc(C#N)ccc1COc1ccnn1-c1cc(C(O)O)ccn1. The molecular formula is C18H16N4O3. The lowest BCUT2D eigenvalue weighted by molar-refractivity contribution is -0.0425. The van der Waals surface area contributed by atoms with Gasteiger partial charge in [0.2, 0.25) is 5.88 Å². The molecule has 0 amide bonds. The highest BCUT2D eigenvalue weighted by atomic mass is 16.5. The topological polar surface area (TPSA) is 104 Å². The fourth-order valence-corrected chi connectivity index (χ4v) is 2.36. The maximum atomic E-state index is 9.28. The van der Waals surface area contributed by atoms with E-state index in [4.69, 9.17) is 10.00 Å². The van der Waals surface area contributed by atoms with Crippen molar-refractivity contribution in [1.82, 2.24) is 14.8 Å². The molecule has 126 valence electrons. The number of nitriles is 1. The first-order valence-electron chi connectivity index (χ1n) is 7.57. The molecule has 0 aliphatic carbocycles. The molecule has 0 fully saturated rings. The number of pyridine rings is 1. The molecule has 0 radical (unpaired) electrons. The summed E-state index contributed by atoms with van der Waals surface area (Å²) in [4.78, 5) is 4.18. The van der Waals surface area contributed by atoms with E-state index in [1.165, 1.54) is 23.0 Å². The molecule has 0 spiro atoms. The Balaban J connectivity index is 1.81. The quantitative estimate of drug-likeness (QED) is 0.691. The summed E-state index contributed by atoms with van der Waals surface area (Å²) in [6, 6.07) is 12.3. The number of benzene rings is 1. The molecular weight excluding hydrogens is 320 g/mol. The molecule has 3 rings (SSSR count). The number of nitrogens with zero attached hydrogens (tertiary/aromatic N) is 4. The summed E-state index contributed by atoms with van der Waals surface area (Å²) in [5, 5.41) is 31.7. The van der Waals surface area contributed by atoms with Gasteiger partial charge < -0.3 is 14.9 Å². The number of hydrogen-bond acceptors (Lipinski definition) is 6. The normalized spacial score (nSPS) is 10.7. The number of aromatic nitrogens is 3. The van der Waals surface area contributed by atoms with Crippen molar-refractivity contribution >= 4 is 0 Å². The van der Waals surface area contributed by atoms with E-state index >= 15 is 0 Å². The van der Waals surface area contributed by atoms with Gasteiger partial charge in [0.05, 0.1) is 17.8 Å². The molecule has 7 heteroatoms. The minimum absolute atomic E-state index is 0.311. The summed E-state index contributed by atoms with van der Waals surface area (Å²) in [5.74, 6) is 0.892. The molecule has 1 aromatic carbocycles. The second-order valence-electron chi connectivity index (χ2n) is 5.44. The Morgan fingerprint density at radius 2 is 2.04 bits per heavy atom. The van der Waals surface area contributed by atoms with Gasteiger partial charge in [-0.15, -0.1) is 0 Å². The van der Waals surface area contributed by atoms with E-state index in [2.05, 4.69) is 16.2 Å². The smallest absolute Gasteiger partial charge is 0.218 e. The minimum Gasteiger partial charge on any atom is -0.473 e. The summed E-state index contributed by atoms with van der Waals surface area (Å²) in [7, 11) is 0. The van der Waals surface area contributed by atoms with E-state index in [-0.39, 0.29) is 0 Å². The zero-order chi connectivity index (χ0) is 17.8. The van der Waals surface area contributed by atoms with Crippen LogP contribution in [0.4, 0.5) is 0 Å². The summed E-state index contributed by atoms with van der Waals surface area (Å²) in [5.41, 5.74) is 2.84. The molecule has 3 aromatic rings. The van der Waals surface area contributed by atoms with Gasteiger partial charge in [0.25, 0.3) is 0 Å². The Bertz CT molecular complexity index is 928. The highest BCUT2D eigenvalue weighted by molar-refractivity contribution is 5.37. The molecule has 0 aliphatic rings. The number of aryl methyl sites for hydroxylation is 1. The standard InChI is InChI=1S/C18H16N4O3/c1-12-8-13(10-19)2-3-15(12)11-25-17-5-7-21-22(17)16-9-14(18(23)24)4-6-20-16/h2-9,18,23-24H,11H2,1H3. The van der Waals surface area contributed by atoms with Crippen molar-refractivity contribution < 1.29 is 14.9 Å². The molecule has 0 aliphatic heterocycles. The van der Waals surface area contributed by atoms with Crippen molar-refractivity contribution in [2.75, 3.05) is 0 Å². The lowest BCUT2D eigenvalue weighted by atomic mass is 10.1. The molecule has 7 nitrogen and oxygen atoms in total. The lowest BCUT2D eigenvalue weighted by Gasteiger charge is -2.11. The minimum atomic E-state index is -1.58. The van der Waals surface area contributed by atoms with Gasteiger partial charge >= 0.3 is 0 Å². The van der Waals surface area contributed by atoms with Crippen LogP contribution in [-0.4, -0.2) is 25.0 Å². The lowest BCUT2D eigenvalue weighted by Crippen LogP contribution is -2.07. The van der Waals surface area contributed by atoms with E-state index in [0.29, 0.717) is 29.4 Å². The molecule has 0 saturated carbocycles. The Labute approximate surface area is 144 Å². The highest BCUT2D eigenvalue weighted by Gasteiger charge is 2.11. The van der Waals surface area contributed by atoms with Crippen LogP contribution < -0.4 is 4.74 Å². The molecule has 25 heavy (non-hydrogen) atoms. The zero-order valence-electron chi connectivity index (χ0n) is 13.5. The molecule has 2 N–H and O–H groups in total. The van der Waals surface area contributed by atoms with Gasteiger partial charge in [0.1, 0.15) is 6.61 Å². The summed E-state index contributed by atoms with van der Waals surface area (Å²) in [6.45, 7) is 2.23. The van der Waals surface area contributed by atoms with Crippen LogP contribution in [0.3, 0.4) is 0 Å². The van der Waals surface area contributed by atoms with E-state index in [0.717, 1.165) is 11.1 Å². The van der Waals surface area contributed by atoms with Crippen molar-refractivity contribution in [1.29, 1.82) is 5.26 Å². The van der Waals surface area contributed by atoms with Gasteiger partial charge in [-0.1, -0.05) is 6.07 Å². The van der Waals surface area contributed by atoms with Crippen molar-refractivity contribution in [2.24, 2.45) is 0 Å². The van der Waals surface area contributed by atoms with E-state index < -0.39 is 6.29 Å². The van der Waals surface area contributed by atoms with Crippen LogP contribution in [0.5, 0.6) is 5.88 Å². The largest absolute Gasteiger partial charge is 0.473 e. The predicted molar refractivity (Wildman–Crippen MR) is 88.8 cm³/mol. The van der Waals surface area contributed by atoms with Gasteiger partial charge in [-0.2, -0.15) is 15.0 Å². The predicted octanol–water partition coefficient (Wildman–Crippen LogP) is 2.01. The third-order valence-electron chi connectivity index (χ3n) is 3.74. The van der Waals surface area contributed by atoms with Crippen LogP contribution >= 0.6 is 0 Å². The maximum Gasteiger partial charge on any atom is 0.218 e. The third-order valence-corrected chi connectivity index (χ3v) is 3.74. The molecule has 2 heterocycles. The van der Waals surface area contributed by atoms with Crippen molar-refractivity contribution in [3.8, 4) is 17.8 Å². The molecule has 0 atom stereocenters. The fraction of sp³-hybridized carbons (Fsp3) is 0.167. The Kier molecular flexibility index (Phi) is 4.75. The van der Waals surface area contributed by atoms with Gasteiger partial charge in [-0.25, -0.2) is 4.98 Å². The van der Waals surface area contributed by atoms with Crippen LogP contribution in [0.1, 0.15) is 28.5 Å². The van der Waals surface area contributed by atoms with Crippen LogP contribution in [-0.2, 0) is 6.61 Å². The van der Waals surface area contributed by atoms with E-state index in [1.807, 2.05) is 19.1 Å². The molecule has 0 saturated heterocycles. The highest BCUT2D eigenvalue weighted by Crippen LogP contribution is 2.20. The average Bonchev–Trinajstić information content (AvgIpc) is 3.09. The van der Waals surface area contributed by atoms with Gasteiger partial charge in [-0.05, 0) is 42.3 Å². The summed E-state index contributed by atoms with van der Waals surface area (Å²) in [6.07, 6.45) is 1.47. The van der Waals surface area contributed by atoms with Crippen molar-refractivity contribution in [2.45, 2.75) is 19.8 Å². The van der Waals surface area contributed by atoms with Crippen LogP contribution in [0, 0.1) is 18.3 Å². The van der Waals surface area contributed by atoms with Crippen LogP contribution in [0.2, 0.25) is 0 Å². The summed E-state index contributed by atoms with van der Waals surface area (Å²) < 4.78 is 7.30. The number of aliphatic hydroxyl groups excluding tert-OH is 1. The third kappa shape index (κ3) is 3.66. The second-order valence-corrected chi connectivity index (χ2v) is 5.44. The zero-order valence-corrected chi connectivity index (χ0v) is 13.5. The van der Waals surface area contributed by atoms with E-state index in [9.17, 15) is 10.2 Å². The first-order chi connectivity index (χ1) is 12.1. The first kappa shape index (κ1) is 16.6.